The second-order valence-electron chi connectivity index (χ2n) is 6.18. The molecule has 0 unspecified atom stereocenters. The minimum atomic E-state index is -0.564. The van der Waals surface area contributed by atoms with Crippen LogP contribution in [0.2, 0.25) is 5.02 Å². The van der Waals surface area contributed by atoms with Gasteiger partial charge in [-0.3, -0.25) is 14.3 Å². The third kappa shape index (κ3) is 4.96. The van der Waals surface area contributed by atoms with Crippen LogP contribution in [0.3, 0.4) is 0 Å². The number of amides is 2. The Kier molecular flexibility index (Phi) is 6.23. The van der Waals surface area contributed by atoms with Crippen LogP contribution in [0.5, 0.6) is 0 Å². The van der Waals surface area contributed by atoms with Crippen molar-refractivity contribution in [3.8, 4) is 0 Å². The van der Waals surface area contributed by atoms with Crippen molar-refractivity contribution in [1.29, 1.82) is 0 Å². The Bertz CT molecular complexity index is 1030. The highest BCUT2D eigenvalue weighted by molar-refractivity contribution is 6.31. The zero-order valence-corrected chi connectivity index (χ0v) is 16.5. The van der Waals surface area contributed by atoms with Crippen LogP contribution in [-0.4, -0.2) is 44.8 Å². The molecule has 0 spiro atoms. The monoisotopic (exact) mass is 420 g/mol. The molecular formula is C18H18ClFN6O3. The van der Waals surface area contributed by atoms with Gasteiger partial charge in [0.05, 0.1) is 16.4 Å². The van der Waals surface area contributed by atoms with Crippen LogP contribution >= 0.6 is 11.6 Å². The predicted molar refractivity (Wildman–Crippen MR) is 101 cm³/mol. The van der Waals surface area contributed by atoms with E-state index < -0.39 is 11.7 Å². The fourth-order valence-electron chi connectivity index (χ4n) is 2.50. The first-order chi connectivity index (χ1) is 13.8. The molecule has 0 radical (unpaired) electrons. The zero-order chi connectivity index (χ0) is 21.0. The van der Waals surface area contributed by atoms with Gasteiger partial charge in [0.1, 0.15) is 12.4 Å². The summed E-state index contributed by atoms with van der Waals surface area (Å²) in [4.78, 5) is 28.0. The number of aryl methyl sites for hydroxylation is 1. The molecule has 11 heteroatoms. The summed E-state index contributed by atoms with van der Waals surface area (Å²) in [6.45, 7) is 4.14. The molecule has 0 bridgehead atoms. The molecule has 3 rings (SSSR count). The molecule has 2 N–H and O–H groups in total. The molecule has 0 aliphatic rings. The molecule has 152 valence electrons. The molecule has 0 aliphatic carbocycles. The predicted octanol–water partition coefficient (Wildman–Crippen LogP) is 1.88. The third-order valence-electron chi connectivity index (χ3n) is 4.05. The Morgan fingerprint density at radius 1 is 1.14 bits per heavy atom. The topological polar surface area (TPSA) is 115 Å². The maximum absolute atomic E-state index is 12.9. The number of rotatable bonds is 7. The lowest BCUT2D eigenvalue weighted by molar-refractivity contribution is 0.0898. The molecular weight excluding hydrogens is 403 g/mol. The Balaban J connectivity index is 1.47. The van der Waals surface area contributed by atoms with Gasteiger partial charge in [0, 0.05) is 18.7 Å². The van der Waals surface area contributed by atoms with E-state index in [4.69, 9.17) is 16.1 Å². The number of hydrogen-bond donors (Lipinski definition) is 2. The fraction of sp³-hybridized carbons (Fsp3) is 0.278. The maximum atomic E-state index is 12.9. The van der Waals surface area contributed by atoms with Gasteiger partial charge < -0.3 is 15.2 Å². The molecule has 3 aromatic rings. The summed E-state index contributed by atoms with van der Waals surface area (Å²) in [7, 11) is 0. The van der Waals surface area contributed by atoms with Crippen LogP contribution in [0.1, 0.15) is 38.3 Å². The van der Waals surface area contributed by atoms with Gasteiger partial charge in [-0.25, -0.2) is 4.39 Å². The average Bonchev–Trinajstić information content (AvgIpc) is 3.26. The standard InChI is InChI=1S/C18H18ClFN6O3/c1-10-15(19)11(2)26(24-10)9-14-23-18(29-25-14)17(28)22-8-7-21-16(27)12-3-5-13(20)6-4-12/h3-6H,7-9H2,1-2H3,(H,21,27)(H,22,28). The molecule has 0 aliphatic heterocycles. The molecule has 0 saturated carbocycles. The molecule has 29 heavy (non-hydrogen) atoms. The Labute approximate surface area is 170 Å². The molecule has 1 aromatic carbocycles. The summed E-state index contributed by atoms with van der Waals surface area (Å²) in [5, 5.41) is 13.8. The van der Waals surface area contributed by atoms with E-state index in [1.54, 1.807) is 11.6 Å². The second kappa shape index (κ2) is 8.82. The summed E-state index contributed by atoms with van der Waals surface area (Å²) in [5.74, 6) is -1.28. The number of halogens is 2. The first kappa shape index (κ1) is 20.5. The van der Waals surface area contributed by atoms with Crippen LogP contribution in [0.25, 0.3) is 0 Å². The highest BCUT2D eigenvalue weighted by atomic mass is 35.5. The normalized spacial score (nSPS) is 10.8. The molecule has 0 fully saturated rings. The summed E-state index contributed by atoms with van der Waals surface area (Å²) in [6, 6.07) is 5.14. The van der Waals surface area contributed by atoms with E-state index in [0.717, 1.165) is 5.69 Å². The molecule has 9 nitrogen and oxygen atoms in total. The third-order valence-corrected chi connectivity index (χ3v) is 4.60. The lowest BCUT2D eigenvalue weighted by atomic mass is 10.2. The first-order valence-electron chi connectivity index (χ1n) is 8.69. The number of carbonyl (C=O) groups is 2. The van der Waals surface area contributed by atoms with Crippen LogP contribution in [0.4, 0.5) is 4.39 Å². The second-order valence-corrected chi connectivity index (χ2v) is 6.55. The lowest BCUT2D eigenvalue weighted by Crippen LogP contribution is -2.34. The van der Waals surface area contributed by atoms with Crippen molar-refractivity contribution in [3.05, 3.63) is 63.8 Å². The molecule has 0 atom stereocenters. The Morgan fingerprint density at radius 2 is 1.79 bits per heavy atom. The minimum absolute atomic E-state index is 0.149. The van der Waals surface area contributed by atoms with Crippen molar-refractivity contribution < 1.29 is 18.5 Å². The Morgan fingerprint density at radius 3 is 2.41 bits per heavy atom. The number of carbonyl (C=O) groups excluding carboxylic acids is 2. The van der Waals surface area contributed by atoms with Crippen LogP contribution in [0.15, 0.2) is 28.8 Å². The van der Waals surface area contributed by atoms with E-state index in [1.807, 2.05) is 6.92 Å². The number of hydrogen-bond acceptors (Lipinski definition) is 6. The fourth-order valence-corrected chi connectivity index (χ4v) is 2.64. The summed E-state index contributed by atoms with van der Waals surface area (Å²) >= 11 is 6.10. The smallest absolute Gasteiger partial charge is 0.316 e. The highest BCUT2D eigenvalue weighted by Gasteiger charge is 2.17. The van der Waals surface area contributed by atoms with Crippen molar-refractivity contribution in [2.24, 2.45) is 0 Å². The summed E-state index contributed by atoms with van der Waals surface area (Å²) in [6.07, 6.45) is 0. The van der Waals surface area contributed by atoms with Gasteiger partial charge in [0.25, 0.3) is 5.91 Å². The van der Waals surface area contributed by atoms with Gasteiger partial charge in [-0.05, 0) is 38.1 Å². The van der Waals surface area contributed by atoms with Gasteiger partial charge >= 0.3 is 11.8 Å². The molecule has 0 saturated heterocycles. The Hall–Kier alpha value is -3.27. The molecule has 2 amide bonds. The lowest BCUT2D eigenvalue weighted by Gasteiger charge is -2.05. The van der Waals surface area contributed by atoms with Gasteiger partial charge in [-0.1, -0.05) is 16.8 Å². The van der Waals surface area contributed by atoms with Gasteiger partial charge in [-0.15, -0.1) is 0 Å². The number of aromatic nitrogens is 4. The minimum Gasteiger partial charge on any atom is -0.350 e. The molecule has 2 heterocycles. The number of nitrogens with one attached hydrogen (secondary N) is 2. The van der Waals surface area contributed by atoms with Crippen molar-refractivity contribution in [2.75, 3.05) is 13.1 Å². The van der Waals surface area contributed by atoms with E-state index >= 15 is 0 Å². The van der Waals surface area contributed by atoms with E-state index in [2.05, 4.69) is 25.9 Å². The summed E-state index contributed by atoms with van der Waals surface area (Å²) < 4.78 is 19.4. The number of benzene rings is 1. The van der Waals surface area contributed by atoms with Crippen molar-refractivity contribution in [2.45, 2.75) is 20.4 Å². The average molecular weight is 421 g/mol. The van der Waals surface area contributed by atoms with Crippen molar-refractivity contribution >= 4 is 23.4 Å². The molecule has 2 aromatic heterocycles. The maximum Gasteiger partial charge on any atom is 0.316 e. The first-order valence-corrected chi connectivity index (χ1v) is 9.07. The van der Waals surface area contributed by atoms with E-state index in [1.165, 1.54) is 24.3 Å². The van der Waals surface area contributed by atoms with E-state index in [9.17, 15) is 14.0 Å². The number of nitrogens with zero attached hydrogens (tertiary/aromatic N) is 4. The summed E-state index contributed by atoms with van der Waals surface area (Å²) in [5.41, 5.74) is 1.77. The van der Waals surface area contributed by atoms with Crippen LogP contribution < -0.4 is 10.6 Å². The van der Waals surface area contributed by atoms with Gasteiger partial charge in [0.15, 0.2) is 5.82 Å². The SMILES string of the molecule is Cc1nn(Cc2noc(C(=O)NCCNC(=O)c3ccc(F)cc3)n2)c(C)c1Cl. The van der Waals surface area contributed by atoms with Gasteiger partial charge in [0.2, 0.25) is 0 Å². The quantitative estimate of drug-likeness (QED) is 0.564. The zero-order valence-electron chi connectivity index (χ0n) is 15.7. The highest BCUT2D eigenvalue weighted by Crippen LogP contribution is 2.19. The van der Waals surface area contributed by atoms with Crippen molar-refractivity contribution in [3.63, 3.8) is 0 Å². The van der Waals surface area contributed by atoms with Crippen LogP contribution in [0, 0.1) is 19.7 Å². The van der Waals surface area contributed by atoms with E-state index in [0.29, 0.717) is 16.3 Å². The van der Waals surface area contributed by atoms with E-state index in [-0.39, 0.29) is 37.3 Å². The largest absolute Gasteiger partial charge is 0.350 e. The van der Waals surface area contributed by atoms with Crippen LogP contribution in [-0.2, 0) is 6.54 Å². The van der Waals surface area contributed by atoms with Gasteiger partial charge in [-0.2, -0.15) is 10.1 Å². The van der Waals surface area contributed by atoms with Crippen molar-refractivity contribution in [1.82, 2.24) is 30.6 Å².